The zero-order valence-corrected chi connectivity index (χ0v) is 18.7. The summed E-state index contributed by atoms with van der Waals surface area (Å²) in [6, 6.07) is 13.3. The van der Waals surface area contributed by atoms with Gasteiger partial charge in [-0.25, -0.2) is 4.39 Å². The highest BCUT2D eigenvalue weighted by atomic mass is 32.2. The molecule has 31 heavy (non-hydrogen) atoms. The van der Waals surface area contributed by atoms with E-state index in [1.807, 2.05) is 4.57 Å². The van der Waals surface area contributed by atoms with Crippen molar-refractivity contribution in [2.75, 3.05) is 5.32 Å². The summed E-state index contributed by atoms with van der Waals surface area (Å²) in [7, 11) is 0. The van der Waals surface area contributed by atoms with Gasteiger partial charge in [0, 0.05) is 17.8 Å². The van der Waals surface area contributed by atoms with Crippen LogP contribution in [-0.4, -0.2) is 31.7 Å². The number of carbonyl (C=O) groups excluding carboxylic acids is 2. The van der Waals surface area contributed by atoms with Gasteiger partial charge in [0.15, 0.2) is 16.8 Å². The molecule has 1 heterocycles. The number of anilines is 1. The summed E-state index contributed by atoms with van der Waals surface area (Å²) >= 11 is 1.26. The van der Waals surface area contributed by atoms with Crippen LogP contribution in [0, 0.1) is 11.7 Å². The fraction of sp³-hybridized carbons (Fsp3) is 0.304. The van der Waals surface area contributed by atoms with Crippen LogP contribution < -0.4 is 5.32 Å². The monoisotopic (exact) mass is 440 g/mol. The molecule has 1 atom stereocenters. The van der Waals surface area contributed by atoms with E-state index < -0.39 is 5.25 Å². The predicted molar refractivity (Wildman–Crippen MR) is 121 cm³/mol. The molecule has 3 rings (SSSR count). The van der Waals surface area contributed by atoms with Crippen LogP contribution in [0.5, 0.6) is 0 Å². The first-order valence-electron chi connectivity index (χ1n) is 10.0. The van der Waals surface area contributed by atoms with Crippen molar-refractivity contribution >= 4 is 29.1 Å². The van der Waals surface area contributed by atoms with Gasteiger partial charge in [-0.3, -0.25) is 9.59 Å². The van der Waals surface area contributed by atoms with Gasteiger partial charge in [0.05, 0.1) is 10.8 Å². The minimum absolute atomic E-state index is 0.0685. The van der Waals surface area contributed by atoms with Gasteiger partial charge < -0.3 is 9.88 Å². The van der Waals surface area contributed by atoms with Crippen LogP contribution in [0.15, 0.2) is 53.7 Å². The molecule has 0 fully saturated rings. The Bertz CT molecular complexity index is 1100. The van der Waals surface area contributed by atoms with E-state index >= 15 is 0 Å². The summed E-state index contributed by atoms with van der Waals surface area (Å²) in [5.74, 6) is 0.0567. The van der Waals surface area contributed by atoms with Crippen LogP contribution >= 0.6 is 11.8 Å². The first-order chi connectivity index (χ1) is 14.8. The van der Waals surface area contributed by atoms with Crippen molar-refractivity contribution in [3.63, 3.8) is 0 Å². The SMILES string of the molecule is CC(=O)c1cccc(NC(=O)[C@H](C)Sc2nnc(-c3ccccc3F)n2CC(C)C)c1. The Kier molecular flexibility index (Phi) is 7.22. The number of aromatic nitrogens is 3. The molecule has 0 aliphatic heterocycles. The molecule has 1 N–H and O–H groups in total. The van der Waals surface area contributed by atoms with Crippen molar-refractivity contribution in [3.05, 3.63) is 59.9 Å². The number of nitrogens with one attached hydrogen (secondary N) is 1. The normalized spacial score (nSPS) is 12.1. The van der Waals surface area contributed by atoms with E-state index in [1.165, 1.54) is 24.8 Å². The van der Waals surface area contributed by atoms with Gasteiger partial charge in [0.2, 0.25) is 5.91 Å². The van der Waals surface area contributed by atoms with E-state index in [-0.39, 0.29) is 23.4 Å². The number of Topliss-reactive ketones (excluding diaryl/α,β-unsaturated/α-hetero) is 1. The second-order valence-corrected chi connectivity index (χ2v) is 8.98. The molecule has 0 unspecified atom stereocenters. The van der Waals surface area contributed by atoms with Crippen LogP contribution in [0.2, 0.25) is 0 Å². The lowest BCUT2D eigenvalue weighted by Gasteiger charge is -2.15. The molecule has 8 heteroatoms. The lowest BCUT2D eigenvalue weighted by atomic mass is 10.1. The van der Waals surface area contributed by atoms with E-state index in [0.717, 1.165) is 0 Å². The number of hydrogen-bond donors (Lipinski definition) is 1. The second-order valence-electron chi connectivity index (χ2n) is 7.68. The van der Waals surface area contributed by atoms with Crippen molar-refractivity contribution in [1.29, 1.82) is 0 Å². The zero-order valence-electron chi connectivity index (χ0n) is 17.9. The molecule has 6 nitrogen and oxygen atoms in total. The fourth-order valence-electron chi connectivity index (χ4n) is 3.02. The van der Waals surface area contributed by atoms with Gasteiger partial charge in [0.1, 0.15) is 5.82 Å². The van der Waals surface area contributed by atoms with Crippen molar-refractivity contribution < 1.29 is 14.0 Å². The summed E-state index contributed by atoms with van der Waals surface area (Å²) in [4.78, 5) is 24.3. The van der Waals surface area contributed by atoms with Gasteiger partial charge in [-0.1, -0.05) is 49.9 Å². The standard InChI is InChI=1S/C23H25FN4O2S/c1-14(2)13-28-21(19-10-5-6-11-20(19)24)26-27-23(28)31-16(4)22(30)25-18-9-7-8-17(12-18)15(3)29/h5-12,14,16H,13H2,1-4H3,(H,25,30)/t16-/m0/s1. The van der Waals surface area contributed by atoms with Crippen LogP contribution in [0.25, 0.3) is 11.4 Å². The van der Waals surface area contributed by atoms with E-state index in [2.05, 4.69) is 29.4 Å². The molecule has 3 aromatic rings. The first-order valence-corrected chi connectivity index (χ1v) is 10.9. The quantitative estimate of drug-likeness (QED) is 0.391. The lowest BCUT2D eigenvalue weighted by Crippen LogP contribution is -2.23. The lowest BCUT2D eigenvalue weighted by molar-refractivity contribution is -0.115. The molecule has 2 aromatic carbocycles. The van der Waals surface area contributed by atoms with E-state index in [1.54, 1.807) is 49.4 Å². The highest BCUT2D eigenvalue weighted by Gasteiger charge is 2.22. The Morgan fingerprint density at radius 2 is 1.84 bits per heavy atom. The molecule has 1 aromatic heterocycles. The number of amides is 1. The third-order valence-electron chi connectivity index (χ3n) is 4.57. The smallest absolute Gasteiger partial charge is 0.237 e. The third-order valence-corrected chi connectivity index (χ3v) is 5.65. The van der Waals surface area contributed by atoms with Crippen molar-refractivity contribution in [2.24, 2.45) is 5.92 Å². The molecule has 1 amide bonds. The maximum Gasteiger partial charge on any atom is 0.237 e. The average Bonchev–Trinajstić information content (AvgIpc) is 3.09. The van der Waals surface area contributed by atoms with E-state index in [9.17, 15) is 14.0 Å². The highest BCUT2D eigenvalue weighted by molar-refractivity contribution is 8.00. The number of nitrogens with zero attached hydrogens (tertiary/aromatic N) is 3. The fourth-order valence-corrected chi connectivity index (χ4v) is 3.88. The van der Waals surface area contributed by atoms with Crippen LogP contribution in [-0.2, 0) is 11.3 Å². The summed E-state index contributed by atoms with van der Waals surface area (Å²) in [5, 5.41) is 11.4. The maximum atomic E-state index is 14.3. The zero-order chi connectivity index (χ0) is 22.5. The molecule has 0 aliphatic rings. The van der Waals surface area contributed by atoms with Gasteiger partial charge in [-0.15, -0.1) is 10.2 Å². The topological polar surface area (TPSA) is 76.9 Å². The number of ketones is 1. The molecule has 0 saturated heterocycles. The van der Waals surface area contributed by atoms with Gasteiger partial charge >= 0.3 is 0 Å². The first kappa shape index (κ1) is 22.7. The molecule has 0 radical (unpaired) electrons. The summed E-state index contributed by atoms with van der Waals surface area (Å²) in [5.41, 5.74) is 1.46. The molecular weight excluding hydrogens is 415 g/mol. The average molecular weight is 441 g/mol. The highest BCUT2D eigenvalue weighted by Crippen LogP contribution is 2.29. The molecular formula is C23H25FN4O2S. The second kappa shape index (κ2) is 9.87. The number of thioether (sulfide) groups is 1. The van der Waals surface area contributed by atoms with Gasteiger partial charge in [0.25, 0.3) is 0 Å². The molecule has 0 saturated carbocycles. The number of carbonyl (C=O) groups is 2. The minimum Gasteiger partial charge on any atom is -0.325 e. The Hall–Kier alpha value is -3.00. The van der Waals surface area contributed by atoms with Crippen LogP contribution in [0.4, 0.5) is 10.1 Å². The van der Waals surface area contributed by atoms with Crippen molar-refractivity contribution in [2.45, 2.75) is 44.6 Å². The van der Waals surface area contributed by atoms with Gasteiger partial charge in [-0.2, -0.15) is 0 Å². The third kappa shape index (κ3) is 5.58. The summed E-state index contributed by atoms with van der Waals surface area (Å²) in [6.45, 7) is 7.95. The predicted octanol–water partition coefficient (Wildman–Crippen LogP) is 5.06. The number of rotatable bonds is 8. The van der Waals surface area contributed by atoms with Crippen molar-refractivity contribution in [3.8, 4) is 11.4 Å². The number of benzene rings is 2. The van der Waals surface area contributed by atoms with Gasteiger partial charge in [-0.05, 0) is 44.0 Å². The van der Waals surface area contributed by atoms with Crippen molar-refractivity contribution in [1.82, 2.24) is 14.8 Å². The Balaban J connectivity index is 1.81. The molecule has 0 bridgehead atoms. The molecule has 162 valence electrons. The largest absolute Gasteiger partial charge is 0.325 e. The van der Waals surface area contributed by atoms with Crippen LogP contribution in [0.3, 0.4) is 0 Å². The Labute approximate surface area is 185 Å². The van der Waals surface area contributed by atoms with E-state index in [4.69, 9.17) is 0 Å². The van der Waals surface area contributed by atoms with E-state index in [0.29, 0.717) is 34.3 Å². The molecule has 0 aliphatic carbocycles. The molecule has 0 spiro atoms. The summed E-state index contributed by atoms with van der Waals surface area (Å²) < 4.78 is 16.2. The number of hydrogen-bond acceptors (Lipinski definition) is 5. The Morgan fingerprint density at radius 1 is 1.10 bits per heavy atom. The number of halogens is 1. The minimum atomic E-state index is -0.482. The summed E-state index contributed by atoms with van der Waals surface area (Å²) in [6.07, 6.45) is 0. The maximum absolute atomic E-state index is 14.3. The Morgan fingerprint density at radius 3 is 2.52 bits per heavy atom. The van der Waals surface area contributed by atoms with Crippen LogP contribution in [0.1, 0.15) is 38.1 Å².